The van der Waals surface area contributed by atoms with Crippen molar-refractivity contribution < 1.29 is 19.1 Å². The van der Waals surface area contributed by atoms with Gasteiger partial charge in [0.05, 0.1) is 6.04 Å². The Morgan fingerprint density at radius 2 is 1.67 bits per heavy atom. The second-order valence-corrected chi connectivity index (χ2v) is 5.52. The van der Waals surface area contributed by atoms with Crippen LogP contribution in [-0.2, 0) is 14.3 Å². The fourth-order valence-electron chi connectivity index (χ4n) is 2.19. The normalized spacial score (nSPS) is 14.0. The highest BCUT2D eigenvalue weighted by Gasteiger charge is 2.23. The summed E-state index contributed by atoms with van der Waals surface area (Å²) in [6.07, 6.45) is 0.208. The Labute approximate surface area is 127 Å². The van der Waals surface area contributed by atoms with Crippen molar-refractivity contribution in [3.8, 4) is 0 Å². The van der Waals surface area contributed by atoms with E-state index in [1.165, 1.54) is 0 Å². The molecule has 0 spiro atoms. The van der Waals surface area contributed by atoms with Gasteiger partial charge >= 0.3 is 12.1 Å². The van der Waals surface area contributed by atoms with Gasteiger partial charge in [-0.15, -0.1) is 0 Å². The molecule has 0 aromatic rings. The van der Waals surface area contributed by atoms with Crippen LogP contribution in [0.25, 0.3) is 0 Å². The van der Waals surface area contributed by atoms with Gasteiger partial charge in [-0.05, 0) is 41.5 Å². The molecule has 0 aliphatic heterocycles. The fraction of sp³-hybridized carbons (Fsp3) is 0.733. The average Bonchev–Trinajstić information content (AvgIpc) is 2.34. The molecule has 0 radical (unpaired) electrons. The van der Waals surface area contributed by atoms with E-state index in [1.807, 2.05) is 6.92 Å². The summed E-state index contributed by atoms with van der Waals surface area (Å²) in [6.45, 7) is 15.1. The zero-order valence-corrected chi connectivity index (χ0v) is 13.9. The topological polar surface area (TPSA) is 67.9 Å². The highest BCUT2D eigenvalue weighted by Crippen LogP contribution is 2.11. The Morgan fingerprint density at radius 3 is 2.10 bits per heavy atom. The minimum atomic E-state index is -0.532. The predicted molar refractivity (Wildman–Crippen MR) is 81.8 cm³/mol. The first-order valence-electron chi connectivity index (χ1n) is 7.22. The first kappa shape index (κ1) is 19.4. The van der Waals surface area contributed by atoms with Crippen molar-refractivity contribution >= 4 is 12.1 Å². The van der Waals surface area contributed by atoms with Crippen molar-refractivity contribution in [3.63, 3.8) is 0 Å². The summed E-state index contributed by atoms with van der Waals surface area (Å²) in [7, 11) is 0. The number of nitrogens with zero attached hydrogens (tertiary/aromatic N) is 1. The number of hydrogen-bond acceptors (Lipinski definition) is 5. The van der Waals surface area contributed by atoms with Crippen LogP contribution in [-0.4, -0.2) is 47.9 Å². The number of carbonyl (C=O) groups excluding carboxylic acids is 2. The smallest absolute Gasteiger partial charge is 0.409 e. The molecule has 2 atom stereocenters. The SMILES string of the molecule is C=CC(=O)OCC(C)NC(=O)OC(C)N(C(C)C)C(C)C. The Bertz CT molecular complexity index is 348. The molecule has 0 heterocycles. The van der Waals surface area contributed by atoms with Crippen molar-refractivity contribution in [2.24, 2.45) is 0 Å². The monoisotopic (exact) mass is 300 g/mol. The van der Waals surface area contributed by atoms with Crippen LogP contribution in [0.3, 0.4) is 0 Å². The van der Waals surface area contributed by atoms with E-state index in [0.29, 0.717) is 0 Å². The molecule has 2 unspecified atom stereocenters. The van der Waals surface area contributed by atoms with Crippen LogP contribution < -0.4 is 5.32 Å². The van der Waals surface area contributed by atoms with Crippen molar-refractivity contribution in [1.82, 2.24) is 10.2 Å². The molecule has 0 saturated heterocycles. The van der Waals surface area contributed by atoms with Crippen LogP contribution in [0.15, 0.2) is 12.7 Å². The second kappa shape index (κ2) is 9.39. The van der Waals surface area contributed by atoms with E-state index in [9.17, 15) is 9.59 Å². The van der Waals surface area contributed by atoms with Gasteiger partial charge < -0.3 is 14.8 Å². The zero-order chi connectivity index (χ0) is 16.6. The molecule has 6 nitrogen and oxygen atoms in total. The number of hydrogen-bond donors (Lipinski definition) is 1. The minimum Gasteiger partial charge on any atom is -0.460 e. The van der Waals surface area contributed by atoms with E-state index >= 15 is 0 Å². The molecule has 1 amide bonds. The van der Waals surface area contributed by atoms with E-state index in [4.69, 9.17) is 9.47 Å². The van der Waals surface area contributed by atoms with E-state index < -0.39 is 12.1 Å². The van der Waals surface area contributed by atoms with Crippen LogP contribution in [0.1, 0.15) is 41.5 Å². The van der Waals surface area contributed by atoms with Crippen LogP contribution in [0.4, 0.5) is 4.79 Å². The van der Waals surface area contributed by atoms with Gasteiger partial charge in [0.2, 0.25) is 0 Å². The molecule has 0 saturated carbocycles. The van der Waals surface area contributed by atoms with Gasteiger partial charge in [-0.2, -0.15) is 0 Å². The van der Waals surface area contributed by atoms with E-state index in [1.54, 1.807) is 6.92 Å². The van der Waals surface area contributed by atoms with Crippen molar-refractivity contribution in [1.29, 1.82) is 0 Å². The molecule has 0 bridgehead atoms. The maximum absolute atomic E-state index is 11.8. The van der Waals surface area contributed by atoms with Gasteiger partial charge in [0, 0.05) is 18.2 Å². The number of amides is 1. The summed E-state index contributed by atoms with van der Waals surface area (Å²) in [5.74, 6) is -0.517. The maximum Gasteiger partial charge on any atom is 0.409 e. The second-order valence-electron chi connectivity index (χ2n) is 5.52. The lowest BCUT2D eigenvalue weighted by Gasteiger charge is -2.35. The molecule has 122 valence electrons. The third-order valence-electron chi connectivity index (χ3n) is 2.90. The zero-order valence-electron chi connectivity index (χ0n) is 13.9. The molecule has 0 aromatic heterocycles. The Morgan fingerprint density at radius 1 is 1.14 bits per heavy atom. The number of alkyl carbamates (subject to hydrolysis) is 1. The quantitative estimate of drug-likeness (QED) is 0.423. The molecule has 0 aromatic carbocycles. The summed E-state index contributed by atoms with van der Waals surface area (Å²) in [6, 6.07) is 0.192. The van der Waals surface area contributed by atoms with Crippen LogP contribution >= 0.6 is 0 Å². The summed E-state index contributed by atoms with van der Waals surface area (Å²) in [4.78, 5) is 24.8. The third-order valence-corrected chi connectivity index (χ3v) is 2.90. The van der Waals surface area contributed by atoms with Crippen LogP contribution in [0.2, 0.25) is 0 Å². The van der Waals surface area contributed by atoms with Gasteiger partial charge in [-0.25, -0.2) is 9.59 Å². The molecule has 1 N–H and O–H groups in total. The fourth-order valence-corrected chi connectivity index (χ4v) is 2.19. The highest BCUT2D eigenvalue weighted by molar-refractivity contribution is 5.81. The molecular weight excluding hydrogens is 272 g/mol. The average molecular weight is 300 g/mol. The number of carbonyl (C=O) groups is 2. The highest BCUT2D eigenvalue weighted by atomic mass is 16.6. The van der Waals surface area contributed by atoms with Crippen molar-refractivity contribution in [2.75, 3.05) is 6.61 Å². The van der Waals surface area contributed by atoms with Gasteiger partial charge in [0.1, 0.15) is 6.61 Å². The number of nitrogens with one attached hydrogen (secondary N) is 1. The first-order valence-corrected chi connectivity index (χ1v) is 7.22. The molecule has 0 rings (SSSR count). The Balaban J connectivity index is 4.29. The molecule has 0 aliphatic rings. The summed E-state index contributed by atoms with van der Waals surface area (Å²) in [5.41, 5.74) is 0. The van der Waals surface area contributed by atoms with E-state index in [2.05, 4.69) is 44.5 Å². The third kappa shape index (κ3) is 7.70. The lowest BCUT2D eigenvalue weighted by molar-refractivity contribution is -0.138. The Kier molecular flexibility index (Phi) is 8.69. The number of ether oxygens (including phenoxy) is 2. The van der Waals surface area contributed by atoms with E-state index in [-0.39, 0.29) is 31.0 Å². The molecule has 21 heavy (non-hydrogen) atoms. The standard InChI is InChI=1S/C15H28N2O4/c1-8-14(18)20-9-12(6)16-15(19)21-13(7)17(10(2)3)11(4)5/h8,10-13H,1,9H2,2-7H3,(H,16,19). The summed E-state index contributed by atoms with van der Waals surface area (Å²) >= 11 is 0. The maximum atomic E-state index is 11.8. The molecule has 0 fully saturated rings. The number of esters is 1. The minimum absolute atomic E-state index is 0.0758. The molecule has 0 aliphatic carbocycles. The van der Waals surface area contributed by atoms with E-state index in [0.717, 1.165) is 6.08 Å². The summed E-state index contributed by atoms with van der Waals surface area (Å²) in [5, 5.41) is 2.62. The van der Waals surface area contributed by atoms with Gasteiger partial charge in [0.15, 0.2) is 6.23 Å². The lowest BCUT2D eigenvalue weighted by Crippen LogP contribution is -2.48. The Hall–Kier alpha value is -1.56. The lowest BCUT2D eigenvalue weighted by atomic mass is 10.2. The van der Waals surface area contributed by atoms with Gasteiger partial charge in [-0.3, -0.25) is 4.90 Å². The first-order chi connectivity index (χ1) is 9.68. The van der Waals surface area contributed by atoms with Gasteiger partial charge in [0.25, 0.3) is 0 Å². The predicted octanol–water partition coefficient (Wildman–Crippen LogP) is 2.30. The number of rotatable bonds is 8. The van der Waals surface area contributed by atoms with Crippen molar-refractivity contribution in [2.45, 2.75) is 65.9 Å². The van der Waals surface area contributed by atoms with Gasteiger partial charge in [-0.1, -0.05) is 6.58 Å². The molecular formula is C15H28N2O4. The molecule has 6 heteroatoms. The summed E-state index contributed by atoms with van der Waals surface area (Å²) < 4.78 is 10.2. The van der Waals surface area contributed by atoms with Crippen molar-refractivity contribution in [3.05, 3.63) is 12.7 Å². The van der Waals surface area contributed by atoms with Crippen LogP contribution in [0.5, 0.6) is 0 Å². The largest absolute Gasteiger partial charge is 0.460 e. The van der Waals surface area contributed by atoms with Crippen LogP contribution in [0, 0.1) is 0 Å².